The van der Waals surface area contributed by atoms with Crippen LogP contribution in [0.3, 0.4) is 0 Å². The Balaban J connectivity index is 2.24. The molecular formula is C13H20O4. The molecule has 1 aromatic carbocycles. The molecule has 1 atom stereocenters. The van der Waals surface area contributed by atoms with Crippen molar-refractivity contribution < 1.29 is 19.3 Å². The molecule has 0 aromatic heterocycles. The van der Waals surface area contributed by atoms with Crippen molar-refractivity contribution in [2.75, 3.05) is 33.5 Å². The smallest absolute Gasteiger partial charge is 0.119 e. The summed E-state index contributed by atoms with van der Waals surface area (Å²) in [7, 11) is 1.64. The summed E-state index contributed by atoms with van der Waals surface area (Å²) >= 11 is 0. The maximum absolute atomic E-state index is 9.42. The van der Waals surface area contributed by atoms with Gasteiger partial charge >= 0.3 is 0 Å². The Morgan fingerprint density at radius 1 is 1.18 bits per heavy atom. The van der Waals surface area contributed by atoms with Crippen molar-refractivity contribution in [2.24, 2.45) is 0 Å². The van der Waals surface area contributed by atoms with Gasteiger partial charge in [-0.2, -0.15) is 0 Å². The van der Waals surface area contributed by atoms with Crippen LogP contribution in [0, 0.1) is 0 Å². The first-order valence-corrected chi connectivity index (χ1v) is 5.71. The van der Waals surface area contributed by atoms with E-state index in [1.54, 1.807) is 14.0 Å². The van der Waals surface area contributed by atoms with Gasteiger partial charge in [0, 0.05) is 7.11 Å². The lowest BCUT2D eigenvalue weighted by atomic mass is 10.1. The SMILES string of the molecule is COCCOCCOc1cccc([C@H](C)O)c1. The standard InChI is InChI=1S/C13H20O4/c1-11(14)12-4-3-5-13(10-12)17-9-8-16-7-6-15-2/h3-5,10-11,14H,6-9H2,1-2H3/t11-/m0/s1. The van der Waals surface area contributed by atoms with E-state index >= 15 is 0 Å². The summed E-state index contributed by atoms with van der Waals surface area (Å²) in [5.41, 5.74) is 0.850. The van der Waals surface area contributed by atoms with Crippen molar-refractivity contribution in [2.45, 2.75) is 13.0 Å². The lowest BCUT2D eigenvalue weighted by Crippen LogP contribution is -2.10. The topological polar surface area (TPSA) is 47.9 Å². The summed E-state index contributed by atoms with van der Waals surface area (Å²) in [6.07, 6.45) is -0.475. The van der Waals surface area contributed by atoms with Crippen molar-refractivity contribution in [3.05, 3.63) is 29.8 Å². The van der Waals surface area contributed by atoms with Crippen LogP contribution in [0.4, 0.5) is 0 Å². The van der Waals surface area contributed by atoms with E-state index in [0.29, 0.717) is 26.4 Å². The minimum atomic E-state index is -0.475. The van der Waals surface area contributed by atoms with Crippen LogP contribution in [-0.4, -0.2) is 38.6 Å². The average molecular weight is 240 g/mol. The van der Waals surface area contributed by atoms with Gasteiger partial charge in [0.2, 0.25) is 0 Å². The predicted molar refractivity (Wildman–Crippen MR) is 65.3 cm³/mol. The lowest BCUT2D eigenvalue weighted by Gasteiger charge is -2.09. The molecular weight excluding hydrogens is 220 g/mol. The van der Waals surface area contributed by atoms with Crippen LogP contribution in [0.1, 0.15) is 18.6 Å². The van der Waals surface area contributed by atoms with Crippen molar-refractivity contribution in [3.63, 3.8) is 0 Å². The van der Waals surface area contributed by atoms with Crippen LogP contribution >= 0.6 is 0 Å². The maximum Gasteiger partial charge on any atom is 0.119 e. The molecule has 0 fully saturated rings. The van der Waals surface area contributed by atoms with Crippen molar-refractivity contribution in [1.29, 1.82) is 0 Å². The zero-order valence-electron chi connectivity index (χ0n) is 10.4. The summed E-state index contributed by atoms with van der Waals surface area (Å²) in [6.45, 7) is 3.92. The Bertz CT molecular complexity index is 312. The highest BCUT2D eigenvalue weighted by Gasteiger charge is 2.01. The molecule has 0 amide bonds. The number of rotatable bonds is 8. The molecule has 1 aromatic rings. The molecule has 17 heavy (non-hydrogen) atoms. The first-order valence-electron chi connectivity index (χ1n) is 5.71. The molecule has 1 rings (SSSR count). The van der Waals surface area contributed by atoms with E-state index in [1.165, 1.54) is 0 Å². The molecule has 0 spiro atoms. The number of hydrogen-bond acceptors (Lipinski definition) is 4. The third kappa shape index (κ3) is 5.68. The molecule has 0 bridgehead atoms. The second-order valence-corrected chi connectivity index (χ2v) is 3.70. The summed E-state index contributed by atoms with van der Waals surface area (Å²) in [4.78, 5) is 0. The maximum atomic E-state index is 9.42. The molecule has 0 aliphatic heterocycles. The Kier molecular flexibility index (Phi) is 6.62. The fraction of sp³-hybridized carbons (Fsp3) is 0.538. The van der Waals surface area contributed by atoms with Crippen LogP contribution in [0.5, 0.6) is 5.75 Å². The predicted octanol–water partition coefficient (Wildman–Crippen LogP) is 1.78. The van der Waals surface area contributed by atoms with E-state index in [0.717, 1.165) is 11.3 Å². The molecule has 0 unspecified atom stereocenters. The lowest BCUT2D eigenvalue weighted by molar-refractivity contribution is 0.0544. The highest BCUT2D eigenvalue weighted by Crippen LogP contribution is 2.18. The molecule has 0 aliphatic carbocycles. The molecule has 1 N–H and O–H groups in total. The van der Waals surface area contributed by atoms with Gasteiger partial charge in [-0.1, -0.05) is 12.1 Å². The van der Waals surface area contributed by atoms with E-state index in [9.17, 15) is 5.11 Å². The fourth-order valence-electron chi connectivity index (χ4n) is 1.33. The summed E-state index contributed by atoms with van der Waals surface area (Å²) in [5.74, 6) is 0.749. The molecule has 0 saturated heterocycles. The Labute approximate surface area is 102 Å². The second kappa shape index (κ2) is 8.06. The van der Waals surface area contributed by atoms with Gasteiger partial charge in [0.1, 0.15) is 12.4 Å². The van der Waals surface area contributed by atoms with E-state index in [4.69, 9.17) is 14.2 Å². The Morgan fingerprint density at radius 3 is 2.65 bits per heavy atom. The number of aliphatic hydroxyl groups is 1. The molecule has 0 radical (unpaired) electrons. The summed E-state index contributed by atoms with van der Waals surface area (Å²) in [6, 6.07) is 7.43. The van der Waals surface area contributed by atoms with Crippen LogP contribution in [0.15, 0.2) is 24.3 Å². The van der Waals surface area contributed by atoms with Crippen LogP contribution in [0.2, 0.25) is 0 Å². The monoisotopic (exact) mass is 240 g/mol. The van der Waals surface area contributed by atoms with Crippen LogP contribution < -0.4 is 4.74 Å². The number of ether oxygens (including phenoxy) is 3. The minimum Gasteiger partial charge on any atom is -0.491 e. The normalized spacial score (nSPS) is 12.4. The molecule has 0 saturated carbocycles. The highest BCUT2D eigenvalue weighted by molar-refractivity contribution is 5.29. The molecule has 0 heterocycles. The molecule has 4 heteroatoms. The second-order valence-electron chi connectivity index (χ2n) is 3.70. The van der Waals surface area contributed by atoms with Gasteiger partial charge in [-0.3, -0.25) is 0 Å². The molecule has 96 valence electrons. The number of benzene rings is 1. The third-order valence-electron chi connectivity index (χ3n) is 2.27. The van der Waals surface area contributed by atoms with Crippen LogP contribution in [-0.2, 0) is 9.47 Å². The van der Waals surface area contributed by atoms with Gasteiger partial charge in [-0.15, -0.1) is 0 Å². The van der Waals surface area contributed by atoms with Gasteiger partial charge in [0.15, 0.2) is 0 Å². The highest BCUT2D eigenvalue weighted by atomic mass is 16.5. The minimum absolute atomic E-state index is 0.475. The van der Waals surface area contributed by atoms with Gasteiger partial charge < -0.3 is 19.3 Å². The zero-order valence-corrected chi connectivity index (χ0v) is 10.4. The molecule has 0 aliphatic rings. The Hall–Kier alpha value is -1.10. The van der Waals surface area contributed by atoms with Gasteiger partial charge in [0.05, 0.1) is 25.9 Å². The van der Waals surface area contributed by atoms with Crippen molar-refractivity contribution in [1.82, 2.24) is 0 Å². The first kappa shape index (κ1) is 14.0. The van der Waals surface area contributed by atoms with Crippen molar-refractivity contribution >= 4 is 0 Å². The van der Waals surface area contributed by atoms with Gasteiger partial charge in [0.25, 0.3) is 0 Å². The summed E-state index contributed by atoms with van der Waals surface area (Å²) < 4.78 is 15.6. The first-order chi connectivity index (χ1) is 8.24. The zero-order chi connectivity index (χ0) is 12.5. The number of hydrogen-bond donors (Lipinski definition) is 1. The van der Waals surface area contributed by atoms with Crippen LogP contribution in [0.25, 0.3) is 0 Å². The number of methoxy groups -OCH3 is 1. The van der Waals surface area contributed by atoms with E-state index in [-0.39, 0.29) is 0 Å². The Morgan fingerprint density at radius 2 is 1.94 bits per heavy atom. The molecule has 4 nitrogen and oxygen atoms in total. The fourth-order valence-corrected chi connectivity index (χ4v) is 1.33. The number of aliphatic hydroxyl groups excluding tert-OH is 1. The van der Waals surface area contributed by atoms with E-state index in [1.807, 2.05) is 24.3 Å². The van der Waals surface area contributed by atoms with E-state index in [2.05, 4.69) is 0 Å². The largest absolute Gasteiger partial charge is 0.491 e. The van der Waals surface area contributed by atoms with E-state index < -0.39 is 6.10 Å². The quantitative estimate of drug-likeness (QED) is 0.704. The van der Waals surface area contributed by atoms with Crippen molar-refractivity contribution in [3.8, 4) is 5.75 Å². The third-order valence-corrected chi connectivity index (χ3v) is 2.27. The van der Waals surface area contributed by atoms with Gasteiger partial charge in [-0.25, -0.2) is 0 Å². The van der Waals surface area contributed by atoms with Gasteiger partial charge in [-0.05, 0) is 24.6 Å². The average Bonchev–Trinajstić information content (AvgIpc) is 2.34. The summed E-state index contributed by atoms with van der Waals surface area (Å²) in [5, 5.41) is 9.42.